The predicted molar refractivity (Wildman–Crippen MR) is 118 cm³/mol. The summed E-state index contributed by atoms with van der Waals surface area (Å²) in [5.41, 5.74) is 1.69. The van der Waals surface area contributed by atoms with Gasteiger partial charge in [0, 0.05) is 6.42 Å². The minimum absolute atomic E-state index is 0.116. The van der Waals surface area contributed by atoms with Crippen LogP contribution in [0, 0.1) is 0 Å². The fraction of sp³-hybridized carbons (Fsp3) is 0.391. The average molecular weight is 429 g/mol. The van der Waals surface area contributed by atoms with E-state index in [2.05, 4.69) is 10.6 Å². The highest BCUT2D eigenvalue weighted by molar-refractivity contribution is 7.92. The zero-order valence-corrected chi connectivity index (χ0v) is 18.0. The van der Waals surface area contributed by atoms with Gasteiger partial charge in [-0.15, -0.1) is 0 Å². The molecule has 1 aliphatic rings. The van der Waals surface area contributed by atoms with Crippen LogP contribution in [-0.2, 0) is 14.6 Å². The van der Waals surface area contributed by atoms with Crippen LogP contribution in [0.4, 0.5) is 5.69 Å². The second kappa shape index (κ2) is 9.89. The Kier molecular flexibility index (Phi) is 7.26. The normalized spacial score (nSPS) is 15.5. The number of rotatable bonds is 8. The van der Waals surface area contributed by atoms with Crippen LogP contribution >= 0.6 is 0 Å². The van der Waals surface area contributed by atoms with Crippen molar-refractivity contribution in [3.8, 4) is 0 Å². The molecule has 30 heavy (non-hydrogen) atoms. The van der Waals surface area contributed by atoms with Gasteiger partial charge >= 0.3 is 0 Å². The molecule has 7 heteroatoms. The molecule has 1 atom stereocenters. The molecule has 1 aliphatic carbocycles. The summed E-state index contributed by atoms with van der Waals surface area (Å²) >= 11 is 0. The van der Waals surface area contributed by atoms with Gasteiger partial charge in [0.25, 0.3) is 5.91 Å². The Labute approximate surface area is 178 Å². The third-order valence-electron chi connectivity index (χ3n) is 5.52. The topological polar surface area (TPSA) is 92.3 Å². The second-order valence-corrected chi connectivity index (χ2v) is 10.1. The van der Waals surface area contributed by atoms with E-state index in [0.717, 1.165) is 18.4 Å². The highest BCUT2D eigenvalue weighted by atomic mass is 32.2. The largest absolute Gasteiger partial charge is 0.345 e. The Morgan fingerprint density at radius 2 is 1.63 bits per heavy atom. The Balaban J connectivity index is 1.61. The summed E-state index contributed by atoms with van der Waals surface area (Å²) in [6.07, 6.45) is 3.12. The van der Waals surface area contributed by atoms with Gasteiger partial charge in [-0.1, -0.05) is 55.3 Å². The van der Waals surface area contributed by atoms with E-state index in [1.165, 1.54) is 0 Å². The molecule has 0 aromatic heterocycles. The van der Waals surface area contributed by atoms with Crippen molar-refractivity contribution in [1.29, 1.82) is 0 Å². The van der Waals surface area contributed by atoms with E-state index in [9.17, 15) is 18.0 Å². The minimum Gasteiger partial charge on any atom is -0.345 e. The van der Waals surface area contributed by atoms with E-state index in [4.69, 9.17) is 0 Å². The molecule has 0 bridgehead atoms. The molecule has 2 aromatic carbocycles. The van der Waals surface area contributed by atoms with Gasteiger partial charge in [0.15, 0.2) is 9.84 Å². The van der Waals surface area contributed by atoms with Crippen molar-refractivity contribution in [3.63, 3.8) is 0 Å². The van der Waals surface area contributed by atoms with Gasteiger partial charge in [0.05, 0.1) is 28.3 Å². The molecule has 0 spiro atoms. The lowest BCUT2D eigenvalue weighted by atomic mass is 10.1. The summed E-state index contributed by atoms with van der Waals surface area (Å²) < 4.78 is 24.8. The third-order valence-corrected chi connectivity index (χ3v) is 7.78. The maximum absolute atomic E-state index is 12.8. The first-order valence-electron chi connectivity index (χ1n) is 10.3. The van der Waals surface area contributed by atoms with Crippen molar-refractivity contribution in [1.82, 2.24) is 5.32 Å². The van der Waals surface area contributed by atoms with Crippen LogP contribution in [0.3, 0.4) is 0 Å². The molecular weight excluding hydrogens is 400 g/mol. The van der Waals surface area contributed by atoms with E-state index in [-0.39, 0.29) is 29.4 Å². The van der Waals surface area contributed by atoms with E-state index >= 15 is 0 Å². The van der Waals surface area contributed by atoms with Crippen molar-refractivity contribution in [3.05, 3.63) is 65.7 Å². The van der Waals surface area contributed by atoms with Gasteiger partial charge in [-0.2, -0.15) is 0 Å². The molecule has 3 rings (SSSR count). The number of anilines is 1. The van der Waals surface area contributed by atoms with Crippen molar-refractivity contribution in [2.24, 2.45) is 0 Å². The number of nitrogens with one attached hydrogen (secondary N) is 2. The van der Waals surface area contributed by atoms with Gasteiger partial charge in [0.1, 0.15) is 0 Å². The number of sulfone groups is 1. The van der Waals surface area contributed by atoms with Crippen molar-refractivity contribution in [2.75, 3.05) is 11.1 Å². The molecule has 2 aromatic rings. The number of carbonyl (C=O) groups is 2. The summed E-state index contributed by atoms with van der Waals surface area (Å²) in [6, 6.07) is 16.1. The van der Waals surface area contributed by atoms with Gasteiger partial charge in [0.2, 0.25) is 5.91 Å². The van der Waals surface area contributed by atoms with Crippen molar-refractivity contribution < 1.29 is 18.0 Å². The van der Waals surface area contributed by atoms with Gasteiger partial charge in [-0.05, 0) is 37.5 Å². The Morgan fingerprint density at radius 3 is 2.33 bits per heavy atom. The molecule has 6 nitrogen and oxygen atoms in total. The Bertz CT molecular complexity index is 983. The number of amides is 2. The van der Waals surface area contributed by atoms with Crippen molar-refractivity contribution >= 4 is 27.3 Å². The number of benzene rings is 2. The Hall–Kier alpha value is -2.67. The number of hydrogen-bond donors (Lipinski definition) is 2. The highest BCUT2D eigenvalue weighted by Crippen LogP contribution is 2.25. The lowest BCUT2D eigenvalue weighted by molar-refractivity contribution is -0.115. The summed E-state index contributed by atoms with van der Waals surface area (Å²) in [6.45, 7) is 1.89. The van der Waals surface area contributed by atoms with Gasteiger partial charge < -0.3 is 10.6 Å². The monoisotopic (exact) mass is 428 g/mol. The second-order valence-electron chi connectivity index (χ2n) is 7.72. The van der Waals surface area contributed by atoms with Crippen LogP contribution < -0.4 is 10.6 Å². The van der Waals surface area contributed by atoms with Crippen LogP contribution in [0.5, 0.6) is 0 Å². The van der Waals surface area contributed by atoms with Gasteiger partial charge in [-0.25, -0.2) is 8.42 Å². The fourth-order valence-electron chi connectivity index (χ4n) is 3.75. The van der Waals surface area contributed by atoms with Crippen LogP contribution in [0.25, 0.3) is 0 Å². The fourth-order valence-corrected chi connectivity index (χ4v) is 5.61. The molecule has 2 N–H and O–H groups in total. The molecular formula is C23H28N2O4S. The molecule has 0 radical (unpaired) electrons. The maximum atomic E-state index is 12.8. The quantitative estimate of drug-likeness (QED) is 0.668. The molecule has 160 valence electrons. The van der Waals surface area contributed by atoms with Crippen LogP contribution in [-0.4, -0.2) is 31.2 Å². The molecule has 0 saturated heterocycles. The number of para-hydroxylation sites is 1. The number of carbonyl (C=O) groups excluding carboxylic acids is 2. The summed E-state index contributed by atoms with van der Waals surface area (Å²) in [4.78, 5) is 25.1. The van der Waals surface area contributed by atoms with Crippen LogP contribution in [0.15, 0.2) is 54.6 Å². The lowest BCUT2D eigenvalue weighted by Crippen LogP contribution is -2.28. The predicted octanol–water partition coefficient (Wildman–Crippen LogP) is 3.86. The average Bonchev–Trinajstić information content (AvgIpc) is 3.29. The standard InChI is InChI=1S/C23H28N2O4S/c1-17(18-9-3-2-4-10-18)24-23(27)20-13-7-8-14-21(20)25-22(26)15-16-30(28,29)19-11-5-6-12-19/h2-4,7-10,13-14,17,19H,5-6,11-12,15-16H2,1H3,(H,24,27)(H,25,26)/t17-/m1/s1. The number of hydrogen-bond acceptors (Lipinski definition) is 4. The minimum atomic E-state index is -3.26. The van der Waals surface area contributed by atoms with E-state index in [0.29, 0.717) is 24.1 Å². The first-order chi connectivity index (χ1) is 14.4. The SMILES string of the molecule is C[C@@H](NC(=O)c1ccccc1NC(=O)CCS(=O)(=O)C1CCCC1)c1ccccc1. The van der Waals surface area contributed by atoms with Crippen LogP contribution in [0.1, 0.15) is 61.0 Å². The zero-order valence-electron chi connectivity index (χ0n) is 17.1. The summed E-state index contributed by atoms with van der Waals surface area (Å²) in [5, 5.41) is 5.32. The van der Waals surface area contributed by atoms with E-state index in [1.807, 2.05) is 37.3 Å². The van der Waals surface area contributed by atoms with E-state index < -0.39 is 15.7 Å². The summed E-state index contributed by atoms with van der Waals surface area (Å²) in [7, 11) is -3.26. The highest BCUT2D eigenvalue weighted by Gasteiger charge is 2.29. The molecule has 0 aliphatic heterocycles. The Morgan fingerprint density at radius 1 is 1.00 bits per heavy atom. The first-order valence-corrected chi connectivity index (χ1v) is 12.0. The molecule has 0 heterocycles. The lowest BCUT2D eigenvalue weighted by Gasteiger charge is -2.16. The first kappa shape index (κ1) is 22.0. The van der Waals surface area contributed by atoms with Gasteiger partial charge in [-0.3, -0.25) is 9.59 Å². The molecule has 0 unspecified atom stereocenters. The molecule has 1 fully saturated rings. The van der Waals surface area contributed by atoms with Crippen LogP contribution in [0.2, 0.25) is 0 Å². The molecule has 1 saturated carbocycles. The molecule has 2 amide bonds. The van der Waals surface area contributed by atoms with E-state index in [1.54, 1.807) is 24.3 Å². The van der Waals surface area contributed by atoms with Crippen molar-refractivity contribution in [2.45, 2.75) is 50.3 Å². The summed E-state index contributed by atoms with van der Waals surface area (Å²) in [5.74, 6) is -0.878. The smallest absolute Gasteiger partial charge is 0.253 e. The zero-order chi connectivity index (χ0) is 21.6. The maximum Gasteiger partial charge on any atom is 0.253 e. The third kappa shape index (κ3) is 5.69.